The average Bonchev–Trinajstić information content (AvgIpc) is 2.96. The van der Waals surface area contributed by atoms with Crippen molar-refractivity contribution in [2.75, 3.05) is 7.05 Å². The molecule has 0 atom stereocenters. The third kappa shape index (κ3) is 3.89. The van der Waals surface area contributed by atoms with Gasteiger partial charge in [0, 0.05) is 16.9 Å². The Morgan fingerprint density at radius 2 is 1.92 bits per heavy atom. The third-order valence-corrected chi connectivity index (χ3v) is 3.95. The van der Waals surface area contributed by atoms with Crippen molar-refractivity contribution in [1.82, 2.24) is 15.3 Å². The first-order chi connectivity index (χ1) is 12.6. The topological polar surface area (TPSA) is 83.1 Å². The number of carbonyl (C=O) groups excluding carboxylic acids is 1. The van der Waals surface area contributed by atoms with Crippen LogP contribution in [0.2, 0.25) is 5.02 Å². The fraction of sp³-hybridized carbons (Fsp3) is 0.111. The second kappa shape index (κ2) is 7.79. The summed E-state index contributed by atoms with van der Waals surface area (Å²) in [6.45, 7) is 0.336. The van der Waals surface area contributed by atoms with E-state index in [0.29, 0.717) is 11.6 Å². The third-order valence-electron chi connectivity index (χ3n) is 3.70. The van der Waals surface area contributed by atoms with Gasteiger partial charge in [0.15, 0.2) is 0 Å². The van der Waals surface area contributed by atoms with Gasteiger partial charge in [0.2, 0.25) is 0 Å². The van der Waals surface area contributed by atoms with Crippen LogP contribution in [-0.2, 0) is 6.54 Å². The summed E-state index contributed by atoms with van der Waals surface area (Å²) in [6, 6.07) is 16.5. The summed E-state index contributed by atoms with van der Waals surface area (Å²) in [7, 11) is 1.48. The number of rotatable bonds is 5. The van der Waals surface area contributed by atoms with E-state index in [0.717, 1.165) is 15.9 Å². The van der Waals surface area contributed by atoms with Gasteiger partial charge in [-0.1, -0.05) is 64.4 Å². The summed E-state index contributed by atoms with van der Waals surface area (Å²) >= 11 is 5.85. The van der Waals surface area contributed by atoms with Crippen molar-refractivity contribution in [3.8, 4) is 0 Å². The van der Waals surface area contributed by atoms with Crippen LogP contribution in [0.25, 0.3) is 0 Å². The lowest BCUT2D eigenvalue weighted by molar-refractivity contribution is -0.749. The van der Waals surface area contributed by atoms with E-state index in [-0.39, 0.29) is 5.69 Å². The fourth-order valence-electron chi connectivity index (χ4n) is 2.40. The summed E-state index contributed by atoms with van der Waals surface area (Å²) in [5, 5.41) is 10.1. The molecule has 2 aromatic carbocycles. The molecule has 0 radical (unpaired) electrons. The Balaban J connectivity index is 1.97. The summed E-state index contributed by atoms with van der Waals surface area (Å²) in [5.41, 5.74) is 1.15. The Morgan fingerprint density at radius 3 is 2.58 bits per heavy atom. The second-order valence-corrected chi connectivity index (χ2v) is 5.95. The van der Waals surface area contributed by atoms with Crippen molar-refractivity contribution in [3.63, 3.8) is 0 Å². The van der Waals surface area contributed by atoms with Gasteiger partial charge in [0.1, 0.15) is 6.54 Å². The minimum absolute atomic E-state index is 0.0235. The summed E-state index contributed by atoms with van der Waals surface area (Å²) in [4.78, 5) is 25.7. The van der Waals surface area contributed by atoms with Crippen LogP contribution in [0.15, 0.2) is 64.5 Å². The number of carbonyl (C=O) groups is 1. The van der Waals surface area contributed by atoms with Gasteiger partial charge in [-0.05, 0) is 23.3 Å². The van der Waals surface area contributed by atoms with Crippen molar-refractivity contribution in [2.24, 2.45) is 5.10 Å². The second-order valence-electron chi connectivity index (χ2n) is 5.51. The van der Waals surface area contributed by atoms with E-state index in [4.69, 9.17) is 11.6 Å². The predicted molar refractivity (Wildman–Crippen MR) is 98.6 cm³/mol. The zero-order chi connectivity index (χ0) is 18.5. The van der Waals surface area contributed by atoms with Gasteiger partial charge in [0.05, 0.1) is 6.21 Å². The maximum absolute atomic E-state index is 12.6. The SMILES string of the molecule is CNC(=O)c1c(=O)n(/N=C\c2ccc(Cl)cc2)[nH][n+]1Cc1ccccc1. The fourth-order valence-corrected chi connectivity index (χ4v) is 2.52. The summed E-state index contributed by atoms with van der Waals surface area (Å²) in [6.07, 6.45) is 1.51. The van der Waals surface area contributed by atoms with Crippen molar-refractivity contribution >= 4 is 23.7 Å². The van der Waals surface area contributed by atoms with Crippen LogP contribution in [0, 0.1) is 0 Å². The van der Waals surface area contributed by atoms with Gasteiger partial charge in [0.25, 0.3) is 0 Å². The highest BCUT2D eigenvalue weighted by Crippen LogP contribution is 2.07. The van der Waals surface area contributed by atoms with E-state index < -0.39 is 11.5 Å². The lowest BCUT2D eigenvalue weighted by atomic mass is 10.2. The number of aromatic amines is 1. The molecule has 0 fully saturated rings. The number of halogens is 1. The smallest absolute Gasteiger partial charge is 0.352 e. The molecule has 1 heterocycles. The molecule has 0 saturated heterocycles. The lowest BCUT2D eigenvalue weighted by Gasteiger charge is -1.99. The number of hydrogen-bond acceptors (Lipinski definition) is 3. The molecule has 0 aliphatic carbocycles. The lowest BCUT2D eigenvalue weighted by Crippen LogP contribution is -2.46. The average molecular weight is 371 g/mol. The molecule has 1 amide bonds. The summed E-state index contributed by atoms with van der Waals surface area (Å²) < 4.78 is 1.47. The Kier molecular flexibility index (Phi) is 5.28. The van der Waals surface area contributed by atoms with E-state index in [1.54, 1.807) is 24.3 Å². The molecule has 0 spiro atoms. The number of hydrogen-bond donors (Lipinski definition) is 2. The molecule has 0 bridgehead atoms. The maximum atomic E-state index is 12.6. The summed E-state index contributed by atoms with van der Waals surface area (Å²) in [5.74, 6) is -0.484. The Labute approximate surface area is 154 Å². The number of H-pyrrole nitrogens is 1. The number of amides is 1. The Hall–Kier alpha value is -3.19. The van der Waals surface area contributed by atoms with Gasteiger partial charge in [-0.2, -0.15) is 0 Å². The van der Waals surface area contributed by atoms with Crippen LogP contribution in [0.4, 0.5) is 0 Å². The van der Waals surface area contributed by atoms with Crippen LogP contribution >= 0.6 is 11.6 Å². The molecule has 0 aliphatic heterocycles. The minimum Gasteiger partial charge on any atom is -0.352 e. The monoisotopic (exact) mass is 370 g/mol. The van der Waals surface area contributed by atoms with E-state index in [2.05, 4.69) is 15.6 Å². The van der Waals surface area contributed by atoms with Crippen LogP contribution in [-0.4, -0.2) is 29.2 Å². The largest absolute Gasteiger partial charge is 0.432 e. The predicted octanol–water partition coefficient (Wildman–Crippen LogP) is 1.41. The molecular formula is C18H17ClN5O2+. The van der Waals surface area contributed by atoms with E-state index in [1.165, 1.54) is 17.9 Å². The van der Waals surface area contributed by atoms with Crippen molar-refractivity contribution in [3.05, 3.63) is 86.8 Å². The first-order valence-corrected chi connectivity index (χ1v) is 8.27. The molecular weight excluding hydrogens is 354 g/mol. The van der Waals surface area contributed by atoms with Crippen molar-refractivity contribution < 1.29 is 9.48 Å². The molecule has 3 rings (SSSR count). The normalized spacial score (nSPS) is 11.0. The highest BCUT2D eigenvalue weighted by molar-refractivity contribution is 6.30. The van der Waals surface area contributed by atoms with E-state index >= 15 is 0 Å². The van der Waals surface area contributed by atoms with Gasteiger partial charge in [-0.25, -0.2) is 4.79 Å². The van der Waals surface area contributed by atoms with E-state index in [1.807, 2.05) is 30.3 Å². The number of nitrogens with one attached hydrogen (secondary N) is 2. The molecule has 132 valence electrons. The number of nitrogens with zero attached hydrogens (tertiary/aromatic N) is 3. The Bertz CT molecular complexity index is 991. The van der Waals surface area contributed by atoms with Crippen LogP contribution < -0.4 is 15.6 Å². The molecule has 0 unspecified atom stereocenters. The molecule has 1 aromatic heterocycles. The molecule has 0 aliphatic rings. The maximum Gasteiger partial charge on any atom is 0.432 e. The molecule has 8 heteroatoms. The zero-order valence-corrected chi connectivity index (χ0v) is 14.8. The molecule has 0 saturated carbocycles. The van der Waals surface area contributed by atoms with Crippen LogP contribution in [0.1, 0.15) is 21.6 Å². The molecule has 7 nitrogen and oxygen atoms in total. The van der Waals surface area contributed by atoms with Crippen LogP contribution in [0.5, 0.6) is 0 Å². The number of aromatic nitrogens is 3. The van der Waals surface area contributed by atoms with Gasteiger partial charge in [-0.15, -0.1) is 4.68 Å². The molecule has 26 heavy (non-hydrogen) atoms. The Morgan fingerprint density at radius 1 is 1.23 bits per heavy atom. The number of benzene rings is 2. The molecule has 3 aromatic rings. The van der Waals surface area contributed by atoms with Gasteiger partial charge in [-0.3, -0.25) is 4.79 Å². The first kappa shape index (κ1) is 17.6. The van der Waals surface area contributed by atoms with Crippen molar-refractivity contribution in [2.45, 2.75) is 6.54 Å². The van der Waals surface area contributed by atoms with Gasteiger partial charge < -0.3 is 5.32 Å². The van der Waals surface area contributed by atoms with Crippen molar-refractivity contribution in [1.29, 1.82) is 0 Å². The minimum atomic E-state index is -0.537. The van der Waals surface area contributed by atoms with E-state index in [9.17, 15) is 9.59 Å². The highest BCUT2D eigenvalue weighted by Gasteiger charge is 2.27. The molecule has 2 N–H and O–H groups in total. The van der Waals surface area contributed by atoms with Gasteiger partial charge >= 0.3 is 17.2 Å². The highest BCUT2D eigenvalue weighted by atomic mass is 35.5. The standard InChI is InChI=1S/C18H16ClN5O2/c1-20-17(25)16-18(26)24(21-11-13-7-9-15(19)10-8-13)22-23(16)12-14-5-3-2-4-6-14/h2-11H,12H2,1H3,(H-,20,22,25,26)/p+1/b21-11-. The quantitative estimate of drug-likeness (QED) is 0.525. The first-order valence-electron chi connectivity index (χ1n) is 7.89. The van der Waals surface area contributed by atoms with Crippen LogP contribution in [0.3, 0.4) is 0 Å². The zero-order valence-electron chi connectivity index (χ0n) is 14.0.